The summed E-state index contributed by atoms with van der Waals surface area (Å²) in [4.78, 5) is 28.3. The molecule has 0 aliphatic carbocycles. The van der Waals surface area contributed by atoms with Crippen molar-refractivity contribution in [2.45, 2.75) is 26.7 Å². The van der Waals surface area contributed by atoms with Gasteiger partial charge in [-0.2, -0.15) is 0 Å². The number of nitrogens with one attached hydrogen (secondary N) is 3. The molecule has 200 valence electrons. The Bertz CT molecular complexity index is 1490. The maximum Gasteiger partial charge on any atom is 0.323 e. The van der Waals surface area contributed by atoms with E-state index in [-0.39, 0.29) is 5.91 Å². The summed E-state index contributed by atoms with van der Waals surface area (Å²) >= 11 is 0. The summed E-state index contributed by atoms with van der Waals surface area (Å²) in [6, 6.07) is 24.2. The van der Waals surface area contributed by atoms with Crippen molar-refractivity contribution in [1.29, 1.82) is 0 Å². The van der Waals surface area contributed by atoms with Crippen LogP contribution in [0.4, 0.5) is 16.2 Å². The molecule has 1 fully saturated rings. The summed E-state index contributed by atoms with van der Waals surface area (Å²) in [7, 11) is 0. The fraction of sp³-hybridized carbons (Fsp3) is 0.250. The minimum Gasteiger partial charge on any atom is -0.455 e. The molecule has 0 unspecified atom stereocenters. The van der Waals surface area contributed by atoms with Crippen molar-refractivity contribution in [2.75, 3.05) is 36.8 Å². The number of amides is 3. The first-order chi connectivity index (χ1) is 18.9. The Morgan fingerprint density at radius 1 is 0.821 bits per heavy atom. The Kier molecular flexibility index (Phi) is 8.08. The van der Waals surface area contributed by atoms with Crippen LogP contribution in [0.1, 0.15) is 34.3 Å². The number of benzene rings is 4. The Balaban J connectivity index is 1.33. The Morgan fingerprint density at radius 2 is 1.62 bits per heavy atom. The molecular weight excluding hydrogens is 488 g/mol. The van der Waals surface area contributed by atoms with Crippen LogP contribution in [0.3, 0.4) is 0 Å². The van der Waals surface area contributed by atoms with Crippen molar-refractivity contribution in [3.63, 3.8) is 0 Å². The van der Waals surface area contributed by atoms with Gasteiger partial charge in [-0.15, -0.1) is 0 Å². The number of hydrogen-bond acceptors (Lipinski definition) is 4. The van der Waals surface area contributed by atoms with Crippen molar-refractivity contribution in [1.82, 2.24) is 10.2 Å². The summed E-state index contributed by atoms with van der Waals surface area (Å²) in [5.74, 6) is 0.907. The predicted octanol–water partition coefficient (Wildman–Crippen LogP) is 6.72. The first-order valence-corrected chi connectivity index (χ1v) is 13.4. The van der Waals surface area contributed by atoms with E-state index in [1.807, 2.05) is 74.5 Å². The average Bonchev–Trinajstić information content (AvgIpc) is 3.45. The monoisotopic (exact) mass is 522 g/mol. The minimum atomic E-state index is -0.429. The highest BCUT2D eigenvalue weighted by Gasteiger charge is 2.16. The van der Waals surface area contributed by atoms with E-state index in [9.17, 15) is 9.59 Å². The van der Waals surface area contributed by atoms with Gasteiger partial charge in [0.25, 0.3) is 5.91 Å². The lowest BCUT2D eigenvalue weighted by Crippen LogP contribution is -2.33. The average molecular weight is 523 g/mol. The van der Waals surface area contributed by atoms with Crippen LogP contribution in [-0.4, -0.2) is 43.0 Å². The van der Waals surface area contributed by atoms with Crippen LogP contribution >= 0.6 is 0 Å². The number of ether oxygens (including phenoxy) is 1. The molecule has 1 aliphatic rings. The summed E-state index contributed by atoms with van der Waals surface area (Å²) in [6.45, 7) is 7.64. The first-order valence-electron chi connectivity index (χ1n) is 13.4. The number of likely N-dealkylation sites (tertiary alicyclic amines) is 1. The van der Waals surface area contributed by atoms with Gasteiger partial charge in [0.05, 0.1) is 5.69 Å². The molecule has 0 radical (unpaired) electrons. The predicted molar refractivity (Wildman–Crippen MR) is 157 cm³/mol. The molecule has 3 N–H and O–H groups in total. The Labute approximate surface area is 229 Å². The van der Waals surface area contributed by atoms with Crippen molar-refractivity contribution in [3.05, 3.63) is 95.6 Å². The number of nitrogens with zero attached hydrogens (tertiary/aromatic N) is 1. The van der Waals surface area contributed by atoms with Crippen LogP contribution in [0.25, 0.3) is 10.8 Å². The first kappa shape index (κ1) is 26.3. The minimum absolute atomic E-state index is 0.190. The molecule has 0 spiro atoms. The number of hydrogen-bond donors (Lipinski definition) is 3. The molecule has 39 heavy (non-hydrogen) atoms. The standard InChI is InChI=1S/C32H34N4O3/c1-22-9-13-28(19-23(22)2)39-30-14-11-26(31(37)33-15-18-36-16-5-6-17-36)21-29(30)35-32(38)34-27-12-10-24-7-3-4-8-25(24)20-27/h3-4,7-14,19-21H,5-6,15-18H2,1-2H3,(H,33,37)(H2,34,35,38). The second-order valence-corrected chi connectivity index (χ2v) is 10.0. The molecule has 4 aromatic carbocycles. The SMILES string of the molecule is Cc1ccc(Oc2ccc(C(=O)NCCN3CCCC3)cc2NC(=O)Nc2ccc3ccccc3c2)cc1C. The number of fused-ring (bicyclic) bond motifs is 1. The zero-order valence-electron chi connectivity index (χ0n) is 22.4. The zero-order chi connectivity index (χ0) is 27.2. The van der Waals surface area contributed by atoms with Gasteiger partial charge in [-0.1, -0.05) is 36.4 Å². The second kappa shape index (κ2) is 12.0. The van der Waals surface area contributed by atoms with Crippen molar-refractivity contribution in [2.24, 2.45) is 0 Å². The van der Waals surface area contributed by atoms with Gasteiger partial charge < -0.3 is 25.6 Å². The fourth-order valence-electron chi connectivity index (χ4n) is 4.75. The molecule has 4 aromatic rings. The summed E-state index contributed by atoms with van der Waals surface area (Å²) in [5, 5.41) is 10.9. The lowest BCUT2D eigenvalue weighted by Gasteiger charge is -2.16. The third-order valence-corrected chi connectivity index (χ3v) is 7.12. The van der Waals surface area contributed by atoms with E-state index < -0.39 is 6.03 Å². The highest BCUT2D eigenvalue weighted by molar-refractivity contribution is 6.03. The molecule has 1 heterocycles. The maximum atomic E-state index is 13.0. The van der Waals surface area contributed by atoms with Gasteiger partial charge in [-0.3, -0.25) is 4.79 Å². The highest BCUT2D eigenvalue weighted by atomic mass is 16.5. The van der Waals surface area contributed by atoms with E-state index in [1.54, 1.807) is 18.2 Å². The fourth-order valence-corrected chi connectivity index (χ4v) is 4.75. The third-order valence-electron chi connectivity index (χ3n) is 7.12. The third kappa shape index (κ3) is 6.75. The lowest BCUT2D eigenvalue weighted by atomic mass is 10.1. The van der Waals surface area contributed by atoms with Gasteiger partial charge in [0, 0.05) is 24.3 Å². The van der Waals surface area contributed by atoms with E-state index in [0.29, 0.717) is 35.0 Å². The van der Waals surface area contributed by atoms with Crippen LogP contribution in [0.2, 0.25) is 0 Å². The van der Waals surface area contributed by atoms with Crippen LogP contribution in [0.15, 0.2) is 78.9 Å². The Hall–Kier alpha value is -4.36. The smallest absolute Gasteiger partial charge is 0.323 e. The van der Waals surface area contributed by atoms with Gasteiger partial charge in [0.2, 0.25) is 0 Å². The molecule has 1 saturated heterocycles. The quantitative estimate of drug-likeness (QED) is 0.240. The summed E-state index contributed by atoms with van der Waals surface area (Å²) in [5.41, 5.74) is 3.78. The molecule has 0 bridgehead atoms. The van der Waals surface area contributed by atoms with Crippen LogP contribution in [-0.2, 0) is 0 Å². The number of anilines is 2. The van der Waals surface area contributed by atoms with Gasteiger partial charge in [0.15, 0.2) is 5.75 Å². The molecular formula is C32H34N4O3. The molecule has 3 amide bonds. The van der Waals surface area contributed by atoms with Gasteiger partial charge >= 0.3 is 6.03 Å². The number of aryl methyl sites for hydroxylation is 2. The van der Waals surface area contributed by atoms with Gasteiger partial charge in [-0.05, 0) is 104 Å². The van der Waals surface area contributed by atoms with Crippen molar-refractivity contribution in [3.8, 4) is 11.5 Å². The van der Waals surface area contributed by atoms with Crippen molar-refractivity contribution < 1.29 is 14.3 Å². The van der Waals surface area contributed by atoms with Gasteiger partial charge in [-0.25, -0.2) is 4.79 Å². The largest absolute Gasteiger partial charge is 0.455 e. The number of carbonyl (C=O) groups excluding carboxylic acids is 2. The molecule has 7 nitrogen and oxygen atoms in total. The van der Waals surface area contributed by atoms with E-state index in [2.05, 4.69) is 20.9 Å². The summed E-state index contributed by atoms with van der Waals surface area (Å²) < 4.78 is 6.16. The lowest BCUT2D eigenvalue weighted by molar-refractivity contribution is 0.0949. The second-order valence-electron chi connectivity index (χ2n) is 10.0. The molecule has 0 saturated carbocycles. The van der Waals surface area contributed by atoms with E-state index in [1.165, 1.54) is 12.8 Å². The molecule has 5 rings (SSSR count). The van der Waals surface area contributed by atoms with Crippen molar-refractivity contribution >= 4 is 34.1 Å². The van der Waals surface area contributed by atoms with E-state index >= 15 is 0 Å². The Morgan fingerprint density at radius 3 is 2.41 bits per heavy atom. The molecule has 0 aromatic heterocycles. The highest BCUT2D eigenvalue weighted by Crippen LogP contribution is 2.32. The molecule has 7 heteroatoms. The molecule has 0 atom stereocenters. The van der Waals surface area contributed by atoms with Crippen LogP contribution < -0.4 is 20.7 Å². The maximum absolute atomic E-state index is 13.0. The van der Waals surface area contributed by atoms with E-state index in [4.69, 9.17) is 4.74 Å². The normalized spacial score (nSPS) is 13.3. The summed E-state index contributed by atoms with van der Waals surface area (Å²) in [6.07, 6.45) is 2.43. The number of carbonyl (C=O) groups is 2. The molecule has 1 aliphatic heterocycles. The zero-order valence-corrected chi connectivity index (χ0v) is 22.4. The number of urea groups is 1. The van der Waals surface area contributed by atoms with E-state index in [0.717, 1.165) is 41.5 Å². The van der Waals surface area contributed by atoms with Crippen LogP contribution in [0, 0.1) is 13.8 Å². The van der Waals surface area contributed by atoms with Gasteiger partial charge in [0.1, 0.15) is 5.75 Å². The van der Waals surface area contributed by atoms with Crippen LogP contribution in [0.5, 0.6) is 11.5 Å². The topological polar surface area (TPSA) is 82.7 Å². The number of rotatable bonds is 8.